The molecule has 0 heterocycles. The fourth-order valence-electron chi connectivity index (χ4n) is 1.71. The largest absolute Gasteiger partial charge is 0.300 e. The van der Waals surface area contributed by atoms with Crippen LogP contribution in [-0.4, -0.2) is 11.6 Å². The molecule has 17 heavy (non-hydrogen) atoms. The highest BCUT2D eigenvalue weighted by Gasteiger charge is 2.08. The molecule has 0 bridgehead atoms. The van der Waals surface area contributed by atoms with E-state index in [1.807, 2.05) is 0 Å². The quantitative estimate of drug-likeness (QED) is 0.668. The number of carbonyl (C=O) groups excluding carboxylic acids is 2. The van der Waals surface area contributed by atoms with Gasteiger partial charge in [-0.25, -0.2) is 0 Å². The minimum atomic E-state index is -0.0547. The fraction of sp³-hybridized carbons (Fsp3) is 0.429. The third-order valence-electron chi connectivity index (χ3n) is 2.75. The number of halogens is 1. The van der Waals surface area contributed by atoms with E-state index in [1.54, 1.807) is 0 Å². The van der Waals surface area contributed by atoms with Crippen LogP contribution in [0.4, 0.5) is 0 Å². The third-order valence-corrected chi connectivity index (χ3v) is 3.30. The Hall–Kier alpha value is -0.960. The van der Waals surface area contributed by atoms with Gasteiger partial charge in [-0.1, -0.05) is 34.2 Å². The zero-order valence-electron chi connectivity index (χ0n) is 9.88. The maximum atomic E-state index is 11.5. The van der Waals surface area contributed by atoms with Gasteiger partial charge < -0.3 is 0 Å². The van der Waals surface area contributed by atoms with E-state index >= 15 is 0 Å². The maximum absolute atomic E-state index is 11.5. The molecular weight excluding hydrogens is 280 g/mol. The van der Waals surface area contributed by atoms with E-state index in [0.29, 0.717) is 19.3 Å². The van der Waals surface area contributed by atoms with Gasteiger partial charge in [-0.3, -0.25) is 9.59 Å². The van der Waals surface area contributed by atoms with Crippen molar-refractivity contribution in [3.8, 4) is 0 Å². The molecule has 0 radical (unpaired) electrons. The van der Waals surface area contributed by atoms with Crippen LogP contribution in [0.3, 0.4) is 0 Å². The first-order valence-corrected chi connectivity index (χ1v) is 6.63. The van der Waals surface area contributed by atoms with E-state index < -0.39 is 0 Å². The van der Waals surface area contributed by atoms with E-state index in [0.717, 1.165) is 23.7 Å². The summed E-state index contributed by atoms with van der Waals surface area (Å²) in [5.41, 5.74) is 1.31. The second-order valence-electron chi connectivity index (χ2n) is 4.14. The number of ketones is 2. The Balaban J connectivity index is 2.26. The van der Waals surface area contributed by atoms with Gasteiger partial charge in [0.15, 0.2) is 5.78 Å². The van der Waals surface area contributed by atoms with Crippen LogP contribution in [0.15, 0.2) is 34.9 Å². The second-order valence-corrected chi connectivity index (χ2v) is 5.06. The molecule has 0 N–H and O–H groups in total. The molecule has 0 fully saturated rings. The summed E-state index contributed by atoms with van der Waals surface area (Å²) < 4.78 is 1.10. The fourth-order valence-corrected chi connectivity index (χ4v) is 2.26. The highest BCUT2D eigenvalue weighted by Crippen LogP contribution is 2.24. The molecule has 1 aliphatic carbocycles. The molecule has 0 atom stereocenters. The van der Waals surface area contributed by atoms with E-state index in [2.05, 4.69) is 34.7 Å². The van der Waals surface area contributed by atoms with E-state index in [4.69, 9.17) is 0 Å². The molecule has 0 amide bonds. The zero-order chi connectivity index (χ0) is 12.7. The Morgan fingerprint density at radius 1 is 1.35 bits per heavy atom. The van der Waals surface area contributed by atoms with Crippen LogP contribution in [0.1, 0.15) is 38.5 Å². The molecular formula is C14H17BrO2. The SMILES string of the molecule is C=CC(=O)CCC(=O)CCC1=CC(Br)=CCC1. The first-order valence-electron chi connectivity index (χ1n) is 5.84. The molecule has 1 aliphatic rings. The molecule has 92 valence electrons. The second kappa shape index (κ2) is 7.38. The molecule has 1 rings (SSSR count). The lowest BCUT2D eigenvalue weighted by molar-refractivity contribution is -0.122. The monoisotopic (exact) mass is 296 g/mol. The number of Topliss-reactive ketones (excluding diaryl/α,β-unsaturated/α-hetero) is 1. The molecule has 0 saturated heterocycles. The first kappa shape index (κ1) is 14.1. The van der Waals surface area contributed by atoms with E-state index in [9.17, 15) is 9.59 Å². The lowest BCUT2D eigenvalue weighted by Crippen LogP contribution is -2.03. The molecule has 2 nitrogen and oxygen atoms in total. The van der Waals surface area contributed by atoms with Gasteiger partial charge in [-0.2, -0.15) is 0 Å². The van der Waals surface area contributed by atoms with Crippen molar-refractivity contribution in [3.63, 3.8) is 0 Å². The third kappa shape index (κ3) is 5.78. The lowest BCUT2D eigenvalue weighted by atomic mass is 9.98. The molecule has 0 aliphatic heterocycles. The highest BCUT2D eigenvalue weighted by molar-refractivity contribution is 9.11. The van der Waals surface area contributed by atoms with Crippen LogP contribution in [0.25, 0.3) is 0 Å². The molecule has 0 aromatic carbocycles. The first-order chi connectivity index (χ1) is 8.11. The van der Waals surface area contributed by atoms with Crippen molar-refractivity contribution in [2.24, 2.45) is 0 Å². The molecule has 3 heteroatoms. The van der Waals surface area contributed by atoms with Gasteiger partial charge >= 0.3 is 0 Å². The van der Waals surface area contributed by atoms with Crippen LogP contribution in [0.2, 0.25) is 0 Å². The number of carbonyl (C=O) groups is 2. The topological polar surface area (TPSA) is 34.1 Å². The number of allylic oxidation sites excluding steroid dienone is 5. The molecule has 0 aromatic heterocycles. The van der Waals surface area contributed by atoms with Gasteiger partial charge in [0.1, 0.15) is 5.78 Å². The standard InChI is InChI=1S/C14H17BrO2/c1-2-13(16)8-9-14(17)7-6-11-4-3-5-12(15)10-11/h2,5,10H,1,3-4,6-9H2. The van der Waals surface area contributed by atoms with Crippen molar-refractivity contribution in [1.82, 2.24) is 0 Å². The van der Waals surface area contributed by atoms with Crippen molar-refractivity contribution in [2.45, 2.75) is 38.5 Å². The predicted octanol–water partition coefficient (Wildman–Crippen LogP) is 3.87. The van der Waals surface area contributed by atoms with Gasteiger partial charge in [0.2, 0.25) is 0 Å². The number of hydrogen-bond acceptors (Lipinski definition) is 2. The Bertz CT molecular complexity index is 378. The summed E-state index contributed by atoms with van der Waals surface area (Å²) in [4.78, 5) is 22.5. The van der Waals surface area contributed by atoms with Crippen molar-refractivity contribution in [2.75, 3.05) is 0 Å². The average molecular weight is 297 g/mol. The number of hydrogen-bond donors (Lipinski definition) is 0. The van der Waals surface area contributed by atoms with Crippen LogP contribution in [0, 0.1) is 0 Å². The predicted molar refractivity (Wildman–Crippen MR) is 73.0 cm³/mol. The highest BCUT2D eigenvalue weighted by atomic mass is 79.9. The average Bonchev–Trinajstić information content (AvgIpc) is 2.33. The summed E-state index contributed by atoms with van der Waals surface area (Å²) in [5, 5.41) is 0. The van der Waals surface area contributed by atoms with E-state index in [-0.39, 0.29) is 11.6 Å². The number of rotatable bonds is 7. The summed E-state index contributed by atoms with van der Waals surface area (Å²) in [6.45, 7) is 3.38. The van der Waals surface area contributed by atoms with Crippen LogP contribution >= 0.6 is 15.9 Å². The Kier molecular flexibility index (Phi) is 6.12. The summed E-state index contributed by atoms with van der Waals surface area (Å²) in [6, 6.07) is 0. The van der Waals surface area contributed by atoms with Gasteiger partial charge in [0.25, 0.3) is 0 Å². The van der Waals surface area contributed by atoms with Crippen molar-refractivity contribution in [1.29, 1.82) is 0 Å². The normalized spacial score (nSPS) is 14.9. The minimum Gasteiger partial charge on any atom is -0.300 e. The Labute approximate surface area is 111 Å². The van der Waals surface area contributed by atoms with Crippen LogP contribution in [-0.2, 0) is 9.59 Å². The van der Waals surface area contributed by atoms with Crippen LogP contribution < -0.4 is 0 Å². The smallest absolute Gasteiger partial charge is 0.155 e. The summed E-state index contributed by atoms with van der Waals surface area (Å²) in [6.07, 6.45) is 9.56. The van der Waals surface area contributed by atoms with Gasteiger partial charge in [0.05, 0.1) is 0 Å². The summed E-state index contributed by atoms with van der Waals surface area (Å²) in [5.74, 6) is 0.104. The minimum absolute atomic E-state index is 0.0547. The molecule has 0 spiro atoms. The van der Waals surface area contributed by atoms with Crippen molar-refractivity contribution < 1.29 is 9.59 Å². The van der Waals surface area contributed by atoms with Gasteiger partial charge in [-0.05, 0) is 31.4 Å². The molecule has 0 unspecified atom stereocenters. The van der Waals surface area contributed by atoms with Crippen molar-refractivity contribution >= 4 is 27.5 Å². The van der Waals surface area contributed by atoms with E-state index in [1.165, 1.54) is 11.6 Å². The Morgan fingerprint density at radius 3 is 2.76 bits per heavy atom. The molecule has 0 saturated carbocycles. The summed E-state index contributed by atoms with van der Waals surface area (Å²) in [7, 11) is 0. The lowest BCUT2D eigenvalue weighted by Gasteiger charge is -2.10. The molecule has 0 aromatic rings. The maximum Gasteiger partial charge on any atom is 0.155 e. The van der Waals surface area contributed by atoms with Gasteiger partial charge in [-0.15, -0.1) is 0 Å². The Morgan fingerprint density at radius 2 is 2.12 bits per heavy atom. The van der Waals surface area contributed by atoms with Crippen molar-refractivity contribution in [3.05, 3.63) is 34.9 Å². The van der Waals surface area contributed by atoms with Crippen LogP contribution in [0.5, 0.6) is 0 Å². The zero-order valence-corrected chi connectivity index (χ0v) is 11.5. The van der Waals surface area contributed by atoms with Gasteiger partial charge in [0, 0.05) is 23.7 Å². The summed E-state index contributed by atoms with van der Waals surface area (Å²) >= 11 is 3.44.